The SMILES string of the molecule is NC(=O)c1ccc(NCC2CCOCC2)nc1. The van der Waals surface area contributed by atoms with Crippen LogP contribution in [0.5, 0.6) is 0 Å². The zero-order chi connectivity index (χ0) is 12.1. The third-order valence-electron chi connectivity index (χ3n) is 2.96. The zero-order valence-corrected chi connectivity index (χ0v) is 9.69. The number of hydrogen-bond acceptors (Lipinski definition) is 4. The van der Waals surface area contributed by atoms with Crippen LogP contribution in [0.3, 0.4) is 0 Å². The molecule has 0 spiro atoms. The molecule has 3 N–H and O–H groups in total. The number of aromatic nitrogens is 1. The van der Waals surface area contributed by atoms with Crippen LogP contribution in [0.15, 0.2) is 18.3 Å². The number of nitrogens with two attached hydrogens (primary N) is 1. The summed E-state index contributed by atoms with van der Waals surface area (Å²) in [7, 11) is 0. The normalized spacial score (nSPS) is 16.7. The summed E-state index contributed by atoms with van der Waals surface area (Å²) in [5.41, 5.74) is 5.57. The van der Waals surface area contributed by atoms with Gasteiger partial charge in [0.05, 0.1) is 5.56 Å². The largest absolute Gasteiger partial charge is 0.381 e. The van der Waals surface area contributed by atoms with Crippen molar-refractivity contribution in [3.05, 3.63) is 23.9 Å². The standard InChI is InChI=1S/C12H17N3O2/c13-12(16)10-1-2-11(15-8-10)14-7-9-3-5-17-6-4-9/h1-2,8-9H,3-7H2,(H2,13,16)(H,14,15). The molecule has 5 heteroatoms. The van der Waals surface area contributed by atoms with E-state index in [0.29, 0.717) is 11.5 Å². The maximum atomic E-state index is 10.9. The maximum Gasteiger partial charge on any atom is 0.250 e. The monoisotopic (exact) mass is 235 g/mol. The number of anilines is 1. The molecule has 0 aromatic carbocycles. The Morgan fingerprint density at radius 1 is 1.47 bits per heavy atom. The van der Waals surface area contributed by atoms with Gasteiger partial charge in [-0.15, -0.1) is 0 Å². The van der Waals surface area contributed by atoms with Gasteiger partial charge in [-0.2, -0.15) is 0 Å². The molecule has 1 aliphatic heterocycles. The number of carbonyl (C=O) groups excluding carboxylic acids is 1. The second-order valence-electron chi connectivity index (χ2n) is 4.23. The molecule has 1 aliphatic rings. The molecule has 1 fully saturated rings. The predicted molar refractivity (Wildman–Crippen MR) is 64.8 cm³/mol. The fourth-order valence-corrected chi connectivity index (χ4v) is 1.84. The lowest BCUT2D eigenvalue weighted by Gasteiger charge is -2.22. The number of amides is 1. The van der Waals surface area contributed by atoms with Gasteiger partial charge in [0.25, 0.3) is 0 Å². The van der Waals surface area contributed by atoms with Crippen molar-refractivity contribution in [1.82, 2.24) is 4.98 Å². The average Bonchev–Trinajstić information content (AvgIpc) is 2.38. The minimum absolute atomic E-state index is 0.432. The third kappa shape index (κ3) is 3.42. The van der Waals surface area contributed by atoms with Gasteiger partial charge in [0.1, 0.15) is 5.82 Å². The second kappa shape index (κ2) is 5.63. The van der Waals surface area contributed by atoms with Gasteiger partial charge >= 0.3 is 0 Å². The molecule has 1 amide bonds. The highest BCUT2D eigenvalue weighted by Gasteiger charge is 2.13. The van der Waals surface area contributed by atoms with Crippen molar-refractivity contribution >= 4 is 11.7 Å². The molecular formula is C12H17N3O2. The Morgan fingerprint density at radius 3 is 2.82 bits per heavy atom. The van der Waals surface area contributed by atoms with Crippen molar-refractivity contribution in [3.63, 3.8) is 0 Å². The third-order valence-corrected chi connectivity index (χ3v) is 2.96. The number of ether oxygens (including phenoxy) is 1. The van der Waals surface area contributed by atoms with Crippen molar-refractivity contribution < 1.29 is 9.53 Å². The van der Waals surface area contributed by atoms with E-state index in [2.05, 4.69) is 10.3 Å². The van der Waals surface area contributed by atoms with Crippen molar-refractivity contribution in [2.75, 3.05) is 25.1 Å². The van der Waals surface area contributed by atoms with Crippen LogP contribution in [0.2, 0.25) is 0 Å². The Kier molecular flexibility index (Phi) is 3.93. The Balaban J connectivity index is 1.84. The number of primary amides is 1. The predicted octanol–water partition coefficient (Wildman–Crippen LogP) is 1.02. The summed E-state index contributed by atoms with van der Waals surface area (Å²) >= 11 is 0. The van der Waals surface area contributed by atoms with E-state index in [1.807, 2.05) is 0 Å². The average molecular weight is 235 g/mol. The fourth-order valence-electron chi connectivity index (χ4n) is 1.84. The minimum Gasteiger partial charge on any atom is -0.381 e. The van der Waals surface area contributed by atoms with Crippen LogP contribution in [0, 0.1) is 5.92 Å². The van der Waals surface area contributed by atoms with E-state index in [9.17, 15) is 4.79 Å². The van der Waals surface area contributed by atoms with Gasteiger partial charge < -0.3 is 15.8 Å². The highest BCUT2D eigenvalue weighted by molar-refractivity contribution is 5.92. The quantitative estimate of drug-likeness (QED) is 0.816. The molecule has 1 saturated heterocycles. The van der Waals surface area contributed by atoms with Crippen LogP contribution >= 0.6 is 0 Å². The van der Waals surface area contributed by atoms with Gasteiger partial charge in [0.2, 0.25) is 5.91 Å². The van der Waals surface area contributed by atoms with Gasteiger partial charge in [-0.1, -0.05) is 0 Å². The Hall–Kier alpha value is -1.62. The van der Waals surface area contributed by atoms with Crippen molar-refractivity contribution in [2.45, 2.75) is 12.8 Å². The van der Waals surface area contributed by atoms with Gasteiger partial charge in [-0.3, -0.25) is 4.79 Å². The van der Waals surface area contributed by atoms with Crippen LogP contribution in [-0.2, 0) is 4.74 Å². The van der Waals surface area contributed by atoms with Crippen molar-refractivity contribution in [1.29, 1.82) is 0 Å². The van der Waals surface area contributed by atoms with Gasteiger partial charge in [0, 0.05) is 26.0 Å². The van der Waals surface area contributed by atoms with E-state index in [-0.39, 0.29) is 0 Å². The zero-order valence-electron chi connectivity index (χ0n) is 9.69. The molecule has 0 aliphatic carbocycles. The van der Waals surface area contributed by atoms with Crippen LogP contribution < -0.4 is 11.1 Å². The molecule has 2 rings (SSSR count). The first-order valence-electron chi connectivity index (χ1n) is 5.83. The lowest BCUT2D eigenvalue weighted by atomic mass is 10.0. The summed E-state index contributed by atoms with van der Waals surface area (Å²) in [6.45, 7) is 2.59. The van der Waals surface area contributed by atoms with Crippen molar-refractivity contribution in [2.24, 2.45) is 11.7 Å². The summed E-state index contributed by atoms with van der Waals surface area (Å²) in [6, 6.07) is 3.46. The summed E-state index contributed by atoms with van der Waals surface area (Å²) in [6.07, 6.45) is 3.67. The summed E-state index contributed by atoms with van der Waals surface area (Å²) in [4.78, 5) is 15.0. The highest BCUT2D eigenvalue weighted by atomic mass is 16.5. The van der Waals surface area contributed by atoms with Gasteiger partial charge in [-0.25, -0.2) is 4.98 Å². The Bertz CT molecular complexity index is 372. The molecule has 0 unspecified atom stereocenters. The number of carbonyl (C=O) groups is 1. The molecule has 1 aromatic rings. The molecule has 1 aromatic heterocycles. The summed E-state index contributed by atoms with van der Waals surface area (Å²) in [5, 5.41) is 3.26. The molecule has 5 nitrogen and oxygen atoms in total. The fraction of sp³-hybridized carbons (Fsp3) is 0.500. The molecule has 0 bridgehead atoms. The van der Waals surface area contributed by atoms with E-state index in [0.717, 1.165) is 38.4 Å². The number of hydrogen-bond donors (Lipinski definition) is 2. The van der Waals surface area contributed by atoms with Crippen molar-refractivity contribution in [3.8, 4) is 0 Å². The topological polar surface area (TPSA) is 77.2 Å². The molecule has 0 atom stereocenters. The molecule has 92 valence electrons. The smallest absolute Gasteiger partial charge is 0.250 e. The van der Waals surface area contributed by atoms with Crippen LogP contribution in [0.25, 0.3) is 0 Å². The molecule has 0 radical (unpaired) electrons. The molecular weight excluding hydrogens is 218 g/mol. The first-order valence-corrected chi connectivity index (χ1v) is 5.83. The van der Waals surface area contributed by atoms with E-state index in [4.69, 9.17) is 10.5 Å². The molecule has 17 heavy (non-hydrogen) atoms. The van der Waals surface area contributed by atoms with E-state index in [1.165, 1.54) is 6.20 Å². The Morgan fingerprint density at radius 2 is 2.24 bits per heavy atom. The van der Waals surface area contributed by atoms with E-state index >= 15 is 0 Å². The number of nitrogens with one attached hydrogen (secondary N) is 1. The summed E-state index contributed by atoms with van der Waals surface area (Å²) < 4.78 is 5.30. The van der Waals surface area contributed by atoms with Crippen LogP contribution in [0.1, 0.15) is 23.2 Å². The molecule has 0 saturated carbocycles. The Labute approximate surface area is 100 Å². The lowest BCUT2D eigenvalue weighted by Crippen LogP contribution is -2.23. The van der Waals surface area contributed by atoms with Crippen LogP contribution in [0.4, 0.5) is 5.82 Å². The maximum absolute atomic E-state index is 10.9. The first-order chi connectivity index (χ1) is 8.25. The van der Waals surface area contributed by atoms with Gasteiger partial charge in [0.15, 0.2) is 0 Å². The minimum atomic E-state index is -0.450. The number of rotatable bonds is 4. The first kappa shape index (κ1) is 11.9. The van der Waals surface area contributed by atoms with Crippen LogP contribution in [-0.4, -0.2) is 30.6 Å². The second-order valence-corrected chi connectivity index (χ2v) is 4.23. The van der Waals surface area contributed by atoms with E-state index in [1.54, 1.807) is 12.1 Å². The highest BCUT2D eigenvalue weighted by Crippen LogP contribution is 2.15. The summed E-state index contributed by atoms with van der Waals surface area (Å²) in [5.74, 6) is 0.969. The number of nitrogens with zero attached hydrogens (tertiary/aromatic N) is 1. The van der Waals surface area contributed by atoms with Gasteiger partial charge in [-0.05, 0) is 30.9 Å². The molecule has 2 heterocycles. The number of pyridine rings is 1. The lowest BCUT2D eigenvalue weighted by molar-refractivity contribution is 0.0699. The van der Waals surface area contributed by atoms with E-state index < -0.39 is 5.91 Å².